The number of aromatic hydroxyl groups is 1. The molecular weight excluding hydrogens is 281 g/mol. The van der Waals surface area contributed by atoms with E-state index in [1.54, 1.807) is 0 Å². The third-order valence-electron chi connectivity index (χ3n) is 2.13. The summed E-state index contributed by atoms with van der Waals surface area (Å²) >= 11 is 0. The molecule has 0 saturated carbocycles. The van der Waals surface area contributed by atoms with Crippen molar-refractivity contribution in [1.82, 2.24) is 0 Å². The molecule has 1 unspecified atom stereocenters. The molecule has 1 aromatic carbocycles. The van der Waals surface area contributed by atoms with E-state index < -0.39 is 24.2 Å². The van der Waals surface area contributed by atoms with Crippen LogP contribution < -0.4 is 0 Å². The summed E-state index contributed by atoms with van der Waals surface area (Å²) in [5, 5.41) is 9.00. The lowest BCUT2D eigenvalue weighted by Crippen LogP contribution is -2.41. The van der Waals surface area contributed by atoms with Crippen molar-refractivity contribution in [2.75, 3.05) is 6.61 Å². The third-order valence-corrected chi connectivity index (χ3v) is 2.13. The lowest BCUT2D eigenvalue weighted by molar-refractivity contribution is -0.218. The maximum Gasteiger partial charge on any atom is 0.436 e. The molecule has 8 heteroatoms. The second-order valence-electron chi connectivity index (χ2n) is 3.63. The van der Waals surface area contributed by atoms with Crippen LogP contribution in [0.1, 0.15) is 17.3 Å². The minimum absolute atomic E-state index is 0.167. The number of hydrogen-bond donors (Lipinski definition) is 1. The van der Waals surface area contributed by atoms with E-state index in [9.17, 15) is 22.8 Å². The Morgan fingerprint density at radius 2 is 1.80 bits per heavy atom. The van der Waals surface area contributed by atoms with E-state index in [0.717, 1.165) is 24.3 Å². The standard InChI is InChI=1S/C12H11F3O5/c1-2-19-11(18)9(12(13,14)15)20-10(17)7-3-5-8(16)6-4-7/h3-6,9,16H,2H2,1H3. The first kappa shape index (κ1) is 15.8. The number of hydrogen-bond acceptors (Lipinski definition) is 5. The first-order chi connectivity index (χ1) is 9.25. The molecule has 0 aliphatic rings. The summed E-state index contributed by atoms with van der Waals surface area (Å²) in [6.07, 6.45) is -8.05. The highest BCUT2D eigenvalue weighted by molar-refractivity contribution is 5.91. The van der Waals surface area contributed by atoms with Gasteiger partial charge in [0.25, 0.3) is 6.10 Å². The maximum absolute atomic E-state index is 12.6. The van der Waals surface area contributed by atoms with E-state index in [2.05, 4.69) is 9.47 Å². The minimum Gasteiger partial charge on any atom is -0.508 e. The van der Waals surface area contributed by atoms with Gasteiger partial charge < -0.3 is 14.6 Å². The van der Waals surface area contributed by atoms with Crippen LogP contribution in [0.25, 0.3) is 0 Å². The molecule has 0 bridgehead atoms. The van der Waals surface area contributed by atoms with Crippen molar-refractivity contribution in [1.29, 1.82) is 0 Å². The van der Waals surface area contributed by atoms with Crippen LogP contribution in [-0.4, -0.2) is 35.9 Å². The fourth-order valence-corrected chi connectivity index (χ4v) is 1.24. The SMILES string of the molecule is CCOC(=O)C(OC(=O)c1ccc(O)cc1)C(F)(F)F. The van der Waals surface area contributed by atoms with Crippen LogP contribution in [0.2, 0.25) is 0 Å². The molecule has 1 atom stereocenters. The van der Waals surface area contributed by atoms with Crippen LogP contribution in [0.3, 0.4) is 0 Å². The van der Waals surface area contributed by atoms with E-state index in [4.69, 9.17) is 5.11 Å². The zero-order valence-electron chi connectivity index (χ0n) is 10.3. The second-order valence-corrected chi connectivity index (χ2v) is 3.63. The van der Waals surface area contributed by atoms with Gasteiger partial charge in [-0.25, -0.2) is 9.59 Å². The van der Waals surface area contributed by atoms with E-state index in [1.165, 1.54) is 6.92 Å². The molecule has 0 saturated heterocycles. The molecule has 20 heavy (non-hydrogen) atoms. The zero-order chi connectivity index (χ0) is 15.3. The van der Waals surface area contributed by atoms with Gasteiger partial charge in [-0.3, -0.25) is 0 Å². The molecule has 5 nitrogen and oxygen atoms in total. The highest BCUT2D eigenvalue weighted by atomic mass is 19.4. The lowest BCUT2D eigenvalue weighted by Gasteiger charge is -2.18. The molecule has 1 rings (SSSR count). The Bertz CT molecular complexity index is 481. The Morgan fingerprint density at radius 1 is 1.25 bits per heavy atom. The summed E-state index contributed by atoms with van der Waals surface area (Å²) in [5.74, 6) is -3.20. The maximum atomic E-state index is 12.6. The Labute approximate surface area is 111 Å². The fourth-order valence-electron chi connectivity index (χ4n) is 1.24. The van der Waals surface area contributed by atoms with Crippen LogP contribution in [0.5, 0.6) is 5.75 Å². The van der Waals surface area contributed by atoms with Crippen LogP contribution in [-0.2, 0) is 14.3 Å². The number of halogens is 3. The van der Waals surface area contributed by atoms with Crippen LogP contribution in [0.4, 0.5) is 13.2 Å². The van der Waals surface area contributed by atoms with Crippen molar-refractivity contribution in [3.63, 3.8) is 0 Å². The molecule has 110 valence electrons. The number of phenolic OH excluding ortho intramolecular Hbond substituents is 1. The van der Waals surface area contributed by atoms with E-state index in [0.29, 0.717) is 0 Å². The molecule has 0 amide bonds. The van der Waals surface area contributed by atoms with E-state index >= 15 is 0 Å². The predicted molar refractivity (Wildman–Crippen MR) is 60.0 cm³/mol. The molecule has 0 fully saturated rings. The van der Waals surface area contributed by atoms with Crippen molar-refractivity contribution in [2.45, 2.75) is 19.2 Å². The molecule has 0 aromatic heterocycles. The molecule has 0 heterocycles. The van der Waals surface area contributed by atoms with Gasteiger partial charge in [-0.2, -0.15) is 13.2 Å². The van der Waals surface area contributed by atoms with E-state index in [1.807, 2.05) is 0 Å². The first-order valence-electron chi connectivity index (χ1n) is 5.49. The Kier molecular flexibility index (Phi) is 4.95. The summed E-state index contributed by atoms with van der Waals surface area (Å²) in [6, 6.07) is 4.33. The van der Waals surface area contributed by atoms with Crippen LogP contribution in [0, 0.1) is 0 Å². The zero-order valence-corrected chi connectivity index (χ0v) is 10.3. The Hall–Kier alpha value is -2.25. The third kappa shape index (κ3) is 4.15. The van der Waals surface area contributed by atoms with E-state index in [-0.39, 0.29) is 17.9 Å². The highest BCUT2D eigenvalue weighted by Gasteiger charge is 2.49. The van der Waals surface area contributed by atoms with Gasteiger partial charge in [0.2, 0.25) is 0 Å². The quantitative estimate of drug-likeness (QED) is 0.860. The average molecular weight is 292 g/mol. The molecule has 0 radical (unpaired) electrons. The number of benzene rings is 1. The molecule has 0 aliphatic heterocycles. The predicted octanol–water partition coefficient (Wildman–Crippen LogP) is 2.04. The smallest absolute Gasteiger partial charge is 0.436 e. The number of ether oxygens (including phenoxy) is 2. The number of rotatable bonds is 4. The molecule has 0 aliphatic carbocycles. The largest absolute Gasteiger partial charge is 0.508 e. The van der Waals surface area contributed by atoms with Crippen molar-refractivity contribution < 1.29 is 37.3 Å². The topological polar surface area (TPSA) is 72.8 Å². The molecule has 1 N–H and O–H groups in total. The van der Waals surface area contributed by atoms with Gasteiger partial charge in [0.15, 0.2) is 0 Å². The average Bonchev–Trinajstić information content (AvgIpc) is 2.35. The number of carbonyl (C=O) groups excluding carboxylic acids is 2. The number of esters is 2. The second kappa shape index (κ2) is 6.27. The Balaban J connectivity index is 2.87. The number of carbonyl (C=O) groups is 2. The minimum atomic E-state index is -5.07. The normalized spacial score (nSPS) is 12.6. The summed E-state index contributed by atoms with van der Waals surface area (Å²) in [6.45, 7) is 1.05. The van der Waals surface area contributed by atoms with Gasteiger partial charge in [0, 0.05) is 0 Å². The van der Waals surface area contributed by atoms with Gasteiger partial charge in [-0.05, 0) is 31.2 Å². The highest BCUT2D eigenvalue weighted by Crippen LogP contribution is 2.25. The first-order valence-corrected chi connectivity index (χ1v) is 5.49. The van der Waals surface area contributed by atoms with Gasteiger partial charge in [-0.1, -0.05) is 0 Å². The van der Waals surface area contributed by atoms with Crippen molar-refractivity contribution in [2.24, 2.45) is 0 Å². The molecule has 0 spiro atoms. The van der Waals surface area contributed by atoms with Crippen molar-refractivity contribution in [3.8, 4) is 5.75 Å². The van der Waals surface area contributed by atoms with Crippen molar-refractivity contribution in [3.05, 3.63) is 29.8 Å². The fraction of sp³-hybridized carbons (Fsp3) is 0.333. The van der Waals surface area contributed by atoms with Crippen molar-refractivity contribution >= 4 is 11.9 Å². The number of phenols is 1. The summed E-state index contributed by atoms with van der Waals surface area (Å²) in [5.41, 5.74) is -0.235. The molecular formula is C12H11F3O5. The van der Waals surface area contributed by atoms with Gasteiger partial charge in [-0.15, -0.1) is 0 Å². The number of alkyl halides is 3. The van der Waals surface area contributed by atoms with Crippen LogP contribution in [0.15, 0.2) is 24.3 Å². The van der Waals surface area contributed by atoms with Gasteiger partial charge in [0.1, 0.15) is 5.75 Å². The van der Waals surface area contributed by atoms with Gasteiger partial charge >= 0.3 is 18.1 Å². The van der Waals surface area contributed by atoms with Crippen LogP contribution >= 0.6 is 0 Å². The summed E-state index contributed by atoms with van der Waals surface area (Å²) in [4.78, 5) is 22.7. The summed E-state index contributed by atoms with van der Waals surface area (Å²) < 4.78 is 46.2. The molecule has 1 aromatic rings. The summed E-state index contributed by atoms with van der Waals surface area (Å²) in [7, 11) is 0. The Morgan fingerprint density at radius 3 is 2.25 bits per heavy atom. The monoisotopic (exact) mass is 292 g/mol. The lowest BCUT2D eigenvalue weighted by atomic mass is 10.2. The van der Waals surface area contributed by atoms with Gasteiger partial charge in [0.05, 0.1) is 12.2 Å².